The van der Waals surface area contributed by atoms with Crippen LogP contribution in [0.2, 0.25) is 5.02 Å². The summed E-state index contributed by atoms with van der Waals surface area (Å²) in [5.41, 5.74) is 3.51. The number of hydrogen-bond donors (Lipinski definition) is 1. The number of nitrogens with zero attached hydrogens (tertiary/aromatic N) is 1. The van der Waals surface area contributed by atoms with Crippen LogP contribution in [0, 0.1) is 0 Å². The van der Waals surface area contributed by atoms with Gasteiger partial charge < -0.3 is 5.32 Å². The van der Waals surface area contributed by atoms with Crippen molar-refractivity contribution in [2.45, 2.75) is 26.3 Å². The Morgan fingerprint density at radius 2 is 2.11 bits per heavy atom. The summed E-state index contributed by atoms with van der Waals surface area (Å²) in [7, 11) is 0. The Kier molecular flexibility index (Phi) is 4.21. The Labute approximate surface area is 113 Å². The fourth-order valence-electron chi connectivity index (χ4n) is 1.75. The number of rotatable bonds is 4. The van der Waals surface area contributed by atoms with E-state index in [2.05, 4.69) is 48.4 Å². The van der Waals surface area contributed by atoms with Crippen LogP contribution in [0.3, 0.4) is 0 Å². The van der Waals surface area contributed by atoms with Gasteiger partial charge in [0.1, 0.15) is 0 Å². The van der Waals surface area contributed by atoms with Crippen molar-refractivity contribution < 1.29 is 0 Å². The van der Waals surface area contributed by atoms with E-state index in [1.165, 1.54) is 5.56 Å². The Hall–Kier alpha value is -1.54. The highest BCUT2D eigenvalue weighted by Crippen LogP contribution is 2.20. The second-order valence-corrected chi connectivity index (χ2v) is 5.01. The molecule has 1 N–H and O–H groups in total. The molecule has 0 saturated heterocycles. The van der Waals surface area contributed by atoms with Crippen LogP contribution < -0.4 is 5.32 Å². The summed E-state index contributed by atoms with van der Waals surface area (Å²) in [4.78, 5) is 3.98. The smallest absolute Gasteiger partial charge is 0.0639 e. The average molecular weight is 261 g/mol. The molecule has 1 aromatic heterocycles. The Morgan fingerprint density at radius 1 is 1.28 bits per heavy atom. The monoisotopic (exact) mass is 260 g/mol. The van der Waals surface area contributed by atoms with Crippen molar-refractivity contribution in [1.82, 2.24) is 4.98 Å². The maximum absolute atomic E-state index is 6.07. The summed E-state index contributed by atoms with van der Waals surface area (Å²) in [6.07, 6.45) is 3.43. The molecule has 0 amide bonds. The van der Waals surface area contributed by atoms with E-state index in [0.29, 0.717) is 17.5 Å². The number of nitrogens with one attached hydrogen (secondary N) is 1. The van der Waals surface area contributed by atoms with Crippen molar-refractivity contribution in [2.24, 2.45) is 0 Å². The zero-order chi connectivity index (χ0) is 13.0. The average Bonchev–Trinajstić information content (AvgIpc) is 2.38. The molecular weight excluding hydrogens is 244 g/mol. The van der Waals surface area contributed by atoms with Gasteiger partial charge in [0.15, 0.2) is 0 Å². The van der Waals surface area contributed by atoms with Gasteiger partial charge in [0.05, 0.1) is 5.02 Å². The molecule has 2 nitrogen and oxygen atoms in total. The third-order valence-electron chi connectivity index (χ3n) is 2.89. The molecule has 0 radical (unpaired) electrons. The number of pyridine rings is 1. The lowest BCUT2D eigenvalue weighted by Crippen LogP contribution is -2.01. The second-order valence-electron chi connectivity index (χ2n) is 4.60. The van der Waals surface area contributed by atoms with Gasteiger partial charge >= 0.3 is 0 Å². The van der Waals surface area contributed by atoms with Crippen LogP contribution >= 0.6 is 11.6 Å². The molecule has 2 rings (SSSR count). The standard InChI is InChI=1S/C15H17ClN2/c1-11(2)12-4-3-5-14(8-12)18-9-13-6-7-17-10-15(13)16/h3-8,10-11,18H,9H2,1-2H3. The molecule has 0 saturated carbocycles. The Morgan fingerprint density at radius 3 is 2.83 bits per heavy atom. The third-order valence-corrected chi connectivity index (χ3v) is 3.23. The molecule has 0 unspecified atom stereocenters. The van der Waals surface area contributed by atoms with E-state index < -0.39 is 0 Å². The zero-order valence-corrected chi connectivity index (χ0v) is 11.4. The highest BCUT2D eigenvalue weighted by atomic mass is 35.5. The van der Waals surface area contributed by atoms with Gasteiger partial charge in [-0.05, 0) is 35.2 Å². The molecule has 2 aromatic rings. The molecule has 3 heteroatoms. The second kappa shape index (κ2) is 5.87. The number of halogens is 1. The lowest BCUT2D eigenvalue weighted by Gasteiger charge is -2.11. The molecular formula is C15H17ClN2. The molecule has 0 bridgehead atoms. The van der Waals surface area contributed by atoms with Crippen molar-refractivity contribution in [3.8, 4) is 0 Å². The molecule has 0 spiro atoms. The van der Waals surface area contributed by atoms with Gasteiger partial charge in [-0.1, -0.05) is 37.6 Å². The molecule has 0 aliphatic rings. The highest BCUT2D eigenvalue weighted by molar-refractivity contribution is 6.31. The van der Waals surface area contributed by atoms with Gasteiger partial charge in [-0.15, -0.1) is 0 Å². The fourth-order valence-corrected chi connectivity index (χ4v) is 1.94. The largest absolute Gasteiger partial charge is 0.381 e. The van der Waals surface area contributed by atoms with Crippen molar-refractivity contribution in [1.29, 1.82) is 0 Å². The first-order chi connectivity index (χ1) is 8.66. The normalized spacial score (nSPS) is 10.7. The summed E-state index contributed by atoms with van der Waals surface area (Å²) in [6, 6.07) is 10.4. The number of aromatic nitrogens is 1. The Balaban J connectivity index is 2.07. The maximum Gasteiger partial charge on any atom is 0.0639 e. The van der Waals surface area contributed by atoms with Gasteiger partial charge in [-0.3, -0.25) is 4.98 Å². The minimum absolute atomic E-state index is 0.538. The van der Waals surface area contributed by atoms with Crippen LogP contribution in [0.15, 0.2) is 42.7 Å². The first-order valence-electron chi connectivity index (χ1n) is 6.09. The van der Waals surface area contributed by atoms with E-state index in [-0.39, 0.29) is 0 Å². The van der Waals surface area contributed by atoms with Crippen molar-refractivity contribution in [2.75, 3.05) is 5.32 Å². The van der Waals surface area contributed by atoms with Gasteiger partial charge in [0.2, 0.25) is 0 Å². The fraction of sp³-hybridized carbons (Fsp3) is 0.267. The van der Waals surface area contributed by atoms with Crippen LogP contribution in [0.5, 0.6) is 0 Å². The molecule has 0 atom stereocenters. The molecule has 94 valence electrons. The summed E-state index contributed by atoms with van der Waals surface area (Å²) >= 11 is 6.07. The van der Waals surface area contributed by atoms with E-state index in [4.69, 9.17) is 11.6 Å². The quantitative estimate of drug-likeness (QED) is 0.877. The van der Waals surface area contributed by atoms with E-state index in [0.717, 1.165) is 11.3 Å². The van der Waals surface area contributed by atoms with Crippen molar-refractivity contribution in [3.05, 3.63) is 58.9 Å². The lowest BCUT2D eigenvalue weighted by molar-refractivity contribution is 0.866. The van der Waals surface area contributed by atoms with E-state index >= 15 is 0 Å². The molecule has 1 aromatic carbocycles. The van der Waals surface area contributed by atoms with E-state index in [9.17, 15) is 0 Å². The molecule has 18 heavy (non-hydrogen) atoms. The van der Waals surface area contributed by atoms with Crippen LogP contribution in [0.4, 0.5) is 5.69 Å². The van der Waals surface area contributed by atoms with Gasteiger partial charge in [0.25, 0.3) is 0 Å². The van der Waals surface area contributed by atoms with Crippen LogP contribution in [-0.4, -0.2) is 4.98 Å². The van der Waals surface area contributed by atoms with Crippen LogP contribution in [-0.2, 0) is 6.54 Å². The minimum atomic E-state index is 0.538. The zero-order valence-electron chi connectivity index (χ0n) is 10.7. The highest BCUT2D eigenvalue weighted by Gasteiger charge is 2.02. The van der Waals surface area contributed by atoms with Crippen molar-refractivity contribution in [3.63, 3.8) is 0 Å². The number of benzene rings is 1. The van der Waals surface area contributed by atoms with Gasteiger partial charge in [-0.25, -0.2) is 0 Å². The van der Waals surface area contributed by atoms with E-state index in [1.54, 1.807) is 12.4 Å². The van der Waals surface area contributed by atoms with Crippen LogP contribution in [0.25, 0.3) is 0 Å². The molecule has 0 aliphatic heterocycles. The van der Waals surface area contributed by atoms with E-state index in [1.807, 2.05) is 6.07 Å². The predicted octanol–water partition coefficient (Wildman–Crippen LogP) is 4.47. The topological polar surface area (TPSA) is 24.9 Å². The Bertz CT molecular complexity index is 523. The molecule has 0 aliphatic carbocycles. The van der Waals surface area contributed by atoms with Crippen molar-refractivity contribution >= 4 is 17.3 Å². The molecule has 1 heterocycles. The predicted molar refractivity (Wildman–Crippen MR) is 77.1 cm³/mol. The first kappa shape index (κ1) is 12.9. The van der Waals surface area contributed by atoms with Gasteiger partial charge in [-0.2, -0.15) is 0 Å². The summed E-state index contributed by atoms with van der Waals surface area (Å²) in [5, 5.41) is 4.08. The summed E-state index contributed by atoms with van der Waals surface area (Å²) in [6.45, 7) is 5.10. The maximum atomic E-state index is 6.07. The SMILES string of the molecule is CC(C)c1cccc(NCc2ccncc2Cl)c1. The number of anilines is 1. The third kappa shape index (κ3) is 3.23. The summed E-state index contributed by atoms with van der Waals surface area (Å²) < 4.78 is 0. The lowest BCUT2D eigenvalue weighted by atomic mass is 10.0. The van der Waals surface area contributed by atoms with Gasteiger partial charge in [0, 0.05) is 24.6 Å². The number of hydrogen-bond acceptors (Lipinski definition) is 2. The first-order valence-corrected chi connectivity index (χ1v) is 6.47. The summed E-state index contributed by atoms with van der Waals surface area (Å²) in [5.74, 6) is 0.538. The molecule has 0 fully saturated rings. The minimum Gasteiger partial charge on any atom is -0.381 e. The van der Waals surface area contributed by atoms with Crippen LogP contribution in [0.1, 0.15) is 30.9 Å².